The summed E-state index contributed by atoms with van der Waals surface area (Å²) in [6.45, 7) is 1.85. The van der Waals surface area contributed by atoms with Crippen LogP contribution in [-0.4, -0.2) is 41.4 Å². The topological polar surface area (TPSA) is 46.8 Å². The molecule has 0 aliphatic heterocycles. The average molecular weight is 233 g/mol. The van der Waals surface area contributed by atoms with E-state index in [0.29, 0.717) is 11.6 Å². The molecular formula is C12H15N3O2. The summed E-state index contributed by atoms with van der Waals surface area (Å²) in [5, 5.41) is 0. The van der Waals surface area contributed by atoms with Gasteiger partial charge in [-0.15, -0.1) is 0 Å². The summed E-state index contributed by atoms with van der Waals surface area (Å²) >= 11 is 0. The second kappa shape index (κ2) is 4.08. The molecule has 2 aromatic heterocycles. The van der Waals surface area contributed by atoms with Gasteiger partial charge in [-0.2, -0.15) is 0 Å². The molecule has 5 nitrogen and oxygen atoms in total. The third kappa shape index (κ3) is 1.73. The van der Waals surface area contributed by atoms with E-state index in [1.807, 2.05) is 29.5 Å². The molecule has 0 saturated heterocycles. The Bertz CT molecular complexity index is 572. The molecule has 90 valence electrons. The number of carbonyl (C=O) groups excluding carboxylic acids is 1. The van der Waals surface area contributed by atoms with Crippen LogP contribution in [0.15, 0.2) is 18.2 Å². The van der Waals surface area contributed by atoms with Gasteiger partial charge in [0.1, 0.15) is 5.82 Å². The molecule has 0 aliphatic rings. The van der Waals surface area contributed by atoms with E-state index in [4.69, 9.17) is 4.74 Å². The number of ether oxygens (including phenoxy) is 1. The number of pyridine rings is 1. The van der Waals surface area contributed by atoms with Crippen LogP contribution in [0.2, 0.25) is 0 Å². The Hall–Kier alpha value is -2.04. The molecule has 5 heteroatoms. The Morgan fingerprint density at radius 3 is 2.71 bits per heavy atom. The summed E-state index contributed by atoms with van der Waals surface area (Å²) in [5.74, 6) is 1.30. The fraction of sp³-hybridized carbons (Fsp3) is 0.333. The van der Waals surface area contributed by atoms with E-state index in [2.05, 4.69) is 4.98 Å². The lowest BCUT2D eigenvalue weighted by Gasteiger charge is -2.08. The van der Waals surface area contributed by atoms with Crippen molar-refractivity contribution in [1.29, 1.82) is 0 Å². The van der Waals surface area contributed by atoms with Gasteiger partial charge < -0.3 is 9.64 Å². The van der Waals surface area contributed by atoms with Crippen LogP contribution in [0.25, 0.3) is 5.52 Å². The minimum Gasteiger partial charge on any atom is -0.482 e. The number of nitrogens with zero attached hydrogens (tertiary/aromatic N) is 3. The number of carbonyl (C=O) groups is 1. The zero-order chi connectivity index (χ0) is 12.6. The first-order valence-corrected chi connectivity index (χ1v) is 5.30. The average Bonchev–Trinajstić information content (AvgIpc) is 2.66. The van der Waals surface area contributed by atoms with Crippen molar-refractivity contribution in [2.75, 3.05) is 21.2 Å². The van der Waals surface area contributed by atoms with Gasteiger partial charge in [0.05, 0.1) is 12.6 Å². The van der Waals surface area contributed by atoms with Crippen molar-refractivity contribution in [2.45, 2.75) is 6.92 Å². The van der Waals surface area contributed by atoms with Gasteiger partial charge in [-0.3, -0.25) is 9.20 Å². The van der Waals surface area contributed by atoms with E-state index in [9.17, 15) is 4.79 Å². The molecule has 17 heavy (non-hydrogen) atoms. The van der Waals surface area contributed by atoms with Crippen LogP contribution in [0.3, 0.4) is 0 Å². The van der Waals surface area contributed by atoms with Gasteiger partial charge in [-0.25, -0.2) is 4.98 Å². The number of hydrogen-bond donors (Lipinski definition) is 0. The van der Waals surface area contributed by atoms with Gasteiger partial charge in [-0.1, -0.05) is 6.07 Å². The Balaban J connectivity index is 2.72. The molecule has 0 radical (unpaired) electrons. The second-order valence-electron chi connectivity index (χ2n) is 4.00. The van der Waals surface area contributed by atoms with Gasteiger partial charge in [0.2, 0.25) is 0 Å². The minimum atomic E-state index is -0.108. The summed E-state index contributed by atoms with van der Waals surface area (Å²) < 4.78 is 7.09. The highest BCUT2D eigenvalue weighted by Gasteiger charge is 2.18. The number of imidazole rings is 1. The molecule has 0 spiro atoms. The quantitative estimate of drug-likeness (QED) is 0.786. The molecule has 0 fully saturated rings. The maximum Gasteiger partial charge on any atom is 0.274 e. The maximum absolute atomic E-state index is 12.0. The standard InChI is InChI=1S/C12H15N3O2/c1-8-13-11(12(16)14(2)3)9-6-5-7-10(17-4)15(8)9/h5-7H,1-4H3. The molecule has 1 amide bonds. The first kappa shape index (κ1) is 11.4. The van der Waals surface area contributed by atoms with E-state index >= 15 is 0 Å². The summed E-state index contributed by atoms with van der Waals surface area (Å²) in [7, 11) is 5.02. The molecule has 0 bridgehead atoms. The van der Waals surface area contributed by atoms with E-state index < -0.39 is 0 Å². The summed E-state index contributed by atoms with van der Waals surface area (Å²) in [6.07, 6.45) is 0. The Morgan fingerprint density at radius 2 is 2.12 bits per heavy atom. The summed E-state index contributed by atoms with van der Waals surface area (Å²) in [6, 6.07) is 5.55. The van der Waals surface area contributed by atoms with Gasteiger partial charge in [0, 0.05) is 14.1 Å². The number of aromatic nitrogens is 2. The van der Waals surface area contributed by atoms with Crippen molar-refractivity contribution in [1.82, 2.24) is 14.3 Å². The zero-order valence-corrected chi connectivity index (χ0v) is 10.4. The normalized spacial score (nSPS) is 10.6. The third-order valence-electron chi connectivity index (χ3n) is 2.61. The lowest BCUT2D eigenvalue weighted by Crippen LogP contribution is -2.22. The number of hydrogen-bond acceptors (Lipinski definition) is 3. The molecular weight excluding hydrogens is 218 g/mol. The predicted molar refractivity (Wildman–Crippen MR) is 64.5 cm³/mol. The van der Waals surface area contributed by atoms with Gasteiger partial charge in [0.25, 0.3) is 5.91 Å². The molecule has 0 saturated carbocycles. The van der Waals surface area contributed by atoms with Gasteiger partial charge >= 0.3 is 0 Å². The number of rotatable bonds is 2. The van der Waals surface area contributed by atoms with Crippen molar-refractivity contribution >= 4 is 11.4 Å². The van der Waals surface area contributed by atoms with E-state index in [1.165, 1.54) is 4.90 Å². The van der Waals surface area contributed by atoms with Crippen LogP contribution in [0.1, 0.15) is 16.3 Å². The molecule has 2 heterocycles. The monoisotopic (exact) mass is 233 g/mol. The van der Waals surface area contributed by atoms with Crippen LogP contribution in [0, 0.1) is 6.92 Å². The van der Waals surface area contributed by atoms with Crippen LogP contribution in [-0.2, 0) is 0 Å². The SMILES string of the molecule is COc1cccc2c(C(=O)N(C)C)nc(C)n12. The van der Waals surface area contributed by atoms with E-state index in [-0.39, 0.29) is 5.91 Å². The number of amides is 1. The molecule has 2 aromatic rings. The van der Waals surface area contributed by atoms with Crippen LogP contribution in [0.4, 0.5) is 0 Å². The molecule has 0 N–H and O–H groups in total. The van der Waals surface area contributed by atoms with Gasteiger partial charge in [-0.05, 0) is 19.1 Å². The predicted octanol–water partition coefficient (Wildman–Crippen LogP) is 1.35. The molecule has 0 aliphatic carbocycles. The van der Waals surface area contributed by atoms with Crippen LogP contribution >= 0.6 is 0 Å². The Labute approximate surface area is 99.6 Å². The third-order valence-corrected chi connectivity index (χ3v) is 2.61. The van der Waals surface area contributed by atoms with Crippen molar-refractivity contribution in [2.24, 2.45) is 0 Å². The minimum absolute atomic E-state index is 0.108. The number of fused-ring (bicyclic) bond motifs is 1. The van der Waals surface area contributed by atoms with E-state index in [1.54, 1.807) is 21.2 Å². The maximum atomic E-state index is 12.0. The first-order valence-electron chi connectivity index (χ1n) is 5.30. The molecule has 0 unspecified atom stereocenters. The summed E-state index contributed by atoms with van der Waals surface area (Å²) in [4.78, 5) is 17.8. The summed E-state index contributed by atoms with van der Waals surface area (Å²) in [5.41, 5.74) is 1.21. The Kier molecular flexibility index (Phi) is 2.75. The largest absolute Gasteiger partial charge is 0.482 e. The first-order chi connectivity index (χ1) is 8.06. The van der Waals surface area contributed by atoms with Crippen molar-refractivity contribution in [3.63, 3.8) is 0 Å². The highest BCUT2D eigenvalue weighted by Crippen LogP contribution is 2.20. The van der Waals surface area contributed by atoms with Crippen LogP contribution < -0.4 is 4.74 Å². The van der Waals surface area contributed by atoms with Crippen molar-refractivity contribution < 1.29 is 9.53 Å². The second-order valence-corrected chi connectivity index (χ2v) is 4.00. The molecule has 2 rings (SSSR count). The van der Waals surface area contributed by atoms with Crippen molar-refractivity contribution in [3.8, 4) is 5.88 Å². The van der Waals surface area contributed by atoms with Crippen molar-refractivity contribution in [3.05, 3.63) is 29.7 Å². The highest BCUT2D eigenvalue weighted by molar-refractivity contribution is 5.99. The van der Waals surface area contributed by atoms with Crippen LogP contribution in [0.5, 0.6) is 5.88 Å². The number of aryl methyl sites for hydroxylation is 1. The van der Waals surface area contributed by atoms with Gasteiger partial charge in [0.15, 0.2) is 11.6 Å². The number of methoxy groups -OCH3 is 1. The highest BCUT2D eigenvalue weighted by atomic mass is 16.5. The molecule has 0 atom stereocenters. The lowest BCUT2D eigenvalue weighted by atomic mass is 10.3. The lowest BCUT2D eigenvalue weighted by molar-refractivity contribution is 0.0824. The Morgan fingerprint density at radius 1 is 1.41 bits per heavy atom. The zero-order valence-electron chi connectivity index (χ0n) is 10.4. The van der Waals surface area contributed by atoms with E-state index in [0.717, 1.165) is 11.3 Å². The smallest absolute Gasteiger partial charge is 0.274 e. The fourth-order valence-electron chi connectivity index (χ4n) is 1.81. The fourth-order valence-corrected chi connectivity index (χ4v) is 1.81. The molecule has 0 aromatic carbocycles.